The minimum Gasteiger partial charge on any atom is -0.454 e. The normalized spacial score (nSPS) is 11.8. The summed E-state index contributed by atoms with van der Waals surface area (Å²) >= 11 is 0. The zero-order valence-electron chi connectivity index (χ0n) is 14.9. The van der Waals surface area contributed by atoms with Crippen molar-refractivity contribution < 1.29 is 27.5 Å². The third-order valence-electron chi connectivity index (χ3n) is 4.01. The topological polar surface area (TPSA) is 77.0 Å². The minimum atomic E-state index is -4.39. The third kappa shape index (κ3) is 4.33. The Labute approximate surface area is 148 Å². The summed E-state index contributed by atoms with van der Waals surface area (Å²) in [7, 11) is 0. The molecule has 26 heavy (non-hydrogen) atoms. The van der Waals surface area contributed by atoms with E-state index >= 15 is 0 Å². The number of aromatic nitrogens is 3. The summed E-state index contributed by atoms with van der Waals surface area (Å²) < 4.78 is 44.0. The first-order chi connectivity index (χ1) is 12.0. The number of carbonyl (C=O) groups excluding carboxylic acids is 2. The second-order valence-corrected chi connectivity index (χ2v) is 6.34. The number of carbonyl (C=O) groups is 2. The Bertz CT molecular complexity index is 819. The third-order valence-corrected chi connectivity index (χ3v) is 4.01. The number of alkyl halides is 3. The second-order valence-electron chi connectivity index (χ2n) is 6.34. The number of aryl methyl sites for hydroxylation is 1. The van der Waals surface area contributed by atoms with Crippen molar-refractivity contribution in [3.63, 3.8) is 0 Å². The number of hydrogen-bond acceptors (Lipinski definition) is 4. The molecule has 9 heteroatoms. The quantitative estimate of drug-likeness (QED) is 0.622. The van der Waals surface area contributed by atoms with Gasteiger partial charge in [0, 0.05) is 17.0 Å². The van der Waals surface area contributed by atoms with Gasteiger partial charge in [0.15, 0.2) is 6.61 Å². The Hall–Kier alpha value is -2.58. The molecule has 0 aliphatic rings. The van der Waals surface area contributed by atoms with Gasteiger partial charge in [-0.3, -0.25) is 9.89 Å². The molecule has 0 fully saturated rings. The molecule has 0 unspecified atom stereocenters. The molecule has 0 radical (unpaired) electrons. The lowest BCUT2D eigenvalue weighted by Crippen LogP contribution is -2.20. The molecule has 0 saturated carbocycles. The van der Waals surface area contributed by atoms with Gasteiger partial charge in [-0.25, -0.2) is 4.79 Å². The molecule has 1 N–H and O–H groups in total. The van der Waals surface area contributed by atoms with E-state index in [1.165, 1.54) is 26.1 Å². The molecule has 0 aromatic carbocycles. The van der Waals surface area contributed by atoms with Crippen LogP contribution in [0.1, 0.15) is 57.6 Å². The van der Waals surface area contributed by atoms with Crippen LogP contribution in [0.5, 0.6) is 0 Å². The van der Waals surface area contributed by atoms with Crippen LogP contribution >= 0.6 is 0 Å². The van der Waals surface area contributed by atoms with Gasteiger partial charge in [-0.1, -0.05) is 13.8 Å². The fourth-order valence-electron chi connectivity index (χ4n) is 2.69. The van der Waals surface area contributed by atoms with Crippen LogP contribution in [-0.2, 0) is 11.3 Å². The number of rotatable bonds is 6. The van der Waals surface area contributed by atoms with Crippen molar-refractivity contribution in [1.29, 1.82) is 0 Å². The lowest BCUT2D eigenvalue weighted by molar-refractivity contribution is -0.141. The van der Waals surface area contributed by atoms with Crippen molar-refractivity contribution in [1.82, 2.24) is 14.8 Å². The molecule has 142 valence electrons. The number of nitrogens with zero attached hydrogens (tertiary/aromatic N) is 2. The number of nitrogens with one attached hydrogen (secondary N) is 1. The van der Waals surface area contributed by atoms with Crippen molar-refractivity contribution in [2.24, 2.45) is 0 Å². The predicted molar refractivity (Wildman–Crippen MR) is 87.3 cm³/mol. The SMILES string of the molecule is Cc1cc(C(=O)COC(=O)c2cn[nH]c2C(C)C)c(C)n1CC(F)(F)F. The van der Waals surface area contributed by atoms with E-state index < -0.39 is 31.1 Å². The van der Waals surface area contributed by atoms with Gasteiger partial charge in [0.1, 0.15) is 12.1 Å². The molecule has 2 aromatic rings. The standard InChI is InChI=1S/C17H20F3N3O3/c1-9(2)15-13(6-21-22-15)16(25)26-7-14(24)12-5-10(3)23(11(12)4)8-17(18,19)20/h5-6,9H,7-8H2,1-4H3,(H,21,22). The molecule has 2 heterocycles. The summed E-state index contributed by atoms with van der Waals surface area (Å²) in [6, 6.07) is 1.37. The van der Waals surface area contributed by atoms with Crippen LogP contribution in [0.2, 0.25) is 0 Å². The molecule has 0 saturated heterocycles. The first-order valence-corrected chi connectivity index (χ1v) is 7.98. The summed E-state index contributed by atoms with van der Waals surface area (Å²) in [4.78, 5) is 24.4. The lowest BCUT2D eigenvalue weighted by atomic mass is 10.1. The van der Waals surface area contributed by atoms with E-state index in [1.807, 2.05) is 13.8 Å². The van der Waals surface area contributed by atoms with Gasteiger partial charge in [-0.2, -0.15) is 18.3 Å². The summed E-state index contributed by atoms with van der Waals surface area (Å²) in [5.41, 5.74) is 1.43. The van der Waals surface area contributed by atoms with E-state index in [-0.39, 0.29) is 22.7 Å². The highest BCUT2D eigenvalue weighted by Crippen LogP contribution is 2.23. The fraction of sp³-hybridized carbons (Fsp3) is 0.471. The van der Waals surface area contributed by atoms with Crippen LogP contribution in [0, 0.1) is 13.8 Å². The summed E-state index contributed by atoms with van der Waals surface area (Å²) in [6.45, 7) is 4.92. The lowest BCUT2D eigenvalue weighted by Gasteiger charge is -2.12. The van der Waals surface area contributed by atoms with E-state index in [0.717, 1.165) is 4.57 Å². The maximum Gasteiger partial charge on any atom is 0.406 e. The van der Waals surface area contributed by atoms with Crippen LogP contribution in [-0.4, -0.2) is 39.3 Å². The maximum atomic E-state index is 12.6. The second kappa shape index (κ2) is 7.35. The van der Waals surface area contributed by atoms with Crippen molar-refractivity contribution in [2.75, 3.05) is 6.61 Å². The molecule has 2 rings (SSSR count). The van der Waals surface area contributed by atoms with Crippen LogP contribution in [0.15, 0.2) is 12.3 Å². The highest BCUT2D eigenvalue weighted by Gasteiger charge is 2.30. The van der Waals surface area contributed by atoms with Gasteiger partial charge in [0.05, 0.1) is 11.9 Å². The summed E-state index contributed by atoms with van der Waals surface area (Å²) in [5, 5.41) is 6.49. The Morgan fingerprint density at radius 2 is 1.92 bits per heavy atom. The summed E-state index contributed by atoms with van der Waals surface area (Å²) in [6.07, 6.45) is -3.08. The van der Waals surface area contributed by atoms with Crippen molar-refractivity contribution in [3.8, 4) is 0 Å². The Morgan fingerprint density at radius 3 is 2.50 bits per heavy atom. The van der Waals surface area contributed by atoms with Gasteiger partial charge < -0.3 is 9.30 Å². The Morgan fingerprint density at radius 1 is 1.27 bits per heavy atom. The van der Waals surface area contributed by atoms with Crippen LogP contribution in [0.25, 0.3) is 0 Å². The van der Waals surface area contributed by atoms with Crippen molar-refractivity contribution in [2.45, 2.75) is 46.3 Å². The smallest absolute Gasteiger partial charge is 0.406 e. The van der Waals surface area contributed by atoms with Gasteiger partial charge in [-0.05, 0) is 25.8 Å². The van der Waals surface area contributed by atoms with Gasteiger partial charge in [0.25, 0.3) is 0 Å². The first kappa shape index (κ1) is 19.7. The maximum absolute atomic E-state index is 12.6. The van der Waals surface area contributed by atoms with Crippen LogP contribution in [0.4, 0.5) is 13.2 Å². The minimum absolute atomic E-state index is 0.0112. The average molecular weight is 371 g/mol. The zero-order chi connectivity index (χ0) is 19.6. The predicted octanol–water partition coefficient (Wildman–Crippen LogP) is 3.55. The monoisotopic (exact) mass is 371 g/mol. The molecular weight excluding hydrogens is 351 g/mol. The highest BCUT2D eigenvalue weighted by atomic mass is 19.4. The number of H-pyrrole nitrogens is 1. The number of hydrogen-bond donors (Lipinski definition) is 1. The van der Waals surface area contributed by atoms with Gasteiger partial charge >= 0.3 is 12.1 Å². The molecule has 2 aromatic heterocycles. The number of aromatic amines is 1. The number of Topliss-reactive ketones (excluding diaryl/α,β-unsaturated/α-hetero) is 1. The van der Waals surface area contributed by atoms with E-state index in [0.29, 0.717) is 11.4 Å². The Balaban J connectivity index is 2.10. The molecular formula is C17H20F3N3O3. The largest absolute Gasteiger partial charge is 0.454 e. The molecule has 0 bridgehead atoms. The van der Waals surface area contributed by atoms with Gasteiger partial charge in [0.2, 0.25) is 5.78 Å². The molecule has 0 amide bonds. The number of ketones is 1. The van der Waals surface area contributed by atoms with Crippen molar-refractivity contribution in [3.05, 3.63) is 40.5 Å². The fourth-order valence-corrected chi connectivity index (χ4v) is 2.69. The molecule has 0 spiro atoms. The van der Waals surface area contributed by atoms with E-state index in [1.54, 1.807) is 0 Å². The van der Waals surface area contributed by atoms with Crippen molar-refractivity contribution >= 4 is 11.8 Å². The number of ether oxygens (including phenoxy) is 1. The number of esters is 1. The van der Waals surface area contributed by atoms with E-state index in [4.69, 9.17) is 4.74 Å². The highest BCUT2D eigenvalue weighted by molar-refractivity contribution is 6.00. The molecule has 0 aliphatic heterocycles. The van der Waals surface area contributed by atoms with E-state index in [9.17, 15) is 22.8 Å². The van der Waals surface area contributed by atoms with Crippen LogP contribution in [0.3, 0.4) is 0 Å². The molecule has 0 atom stereocenters. The average Bonchev–Trinajstić information content (AvgIpc) is 3.12. The van der Waals surface area contributed by atoms with Crippen LogP contribution < -0.4 is 0 Å². The van der Waals surface area contributed by atoms with E-state index in [2.05, 4.69) is 10.2 Å². The number of halogens is 3. The molecule has 0 aliphatic carbocycles. The molecule has 6 nitrogen and oxygen atoms in total. The van der Waals surface area contributed by atoms with Gasteiger partial charge in [-0.15, -0.1) is 0 Å². The first-order valence-electron chi connectivity index (χ1n) is 7.98. The summed E-state index contributed by atoms with van der Waals surface area (Å²) in [5.74, 6) is -1.26. The zero-order valence-corrected chi connectivity index (χ0v) is 14.9. The Kier molecular flexibility index (Phi) is 5.58.